The molecule has 92 valence electrons. The number of ether oxygens (including phenoxy) is 1. The standard InChI is InChI=1S/C15H20O2/c1-3-4-8-13(2)11-12-17-15(16)14-9-6-5-7-10-14/h5-7,9-10H,2-4,8,11-12H2,1H3. The van der Waals surface area contributed by atoms with Gasteiger partial charge in [-0.15, -0.1) is 0 Å². The van der Waals surface area contributed by atoms with Crippen molar-refractivity contribution in [1.82, 2.24) is 0 Å². The van der Waals surface area contributed by atoms with Gasteiger partial charge < -0.3 is 4.74 Å². The summed E-state index contributed by atoms with van der Waals surface area (Å²) in [6.45, 7) is 6.55. The second kappa shape index (κ2) is 7.66. The Hall–Kier alpha value is -1.57. The molecule has 0 saturated carbocycles. The van der Waals surface area contributed by atoms with Crippen molar-refractivity contribution in [2.24, 2.45) is 0 Å². The first-order chi connectivity index (χ1) is 8.24. The van der Waals surface area contributed by atoms with Gasteiger partial charge in [-0.25, -0.2) is 4.79 Å². The van der Waals surface area contributed by atoms with Gasteiger partial charge in [0, 0.05) is 6.42 Å². The molecule has 0 unspecified atom stereocenters. The lowest BCUT2D eigenvalue weighted by molar-refractivity contribution is 0.0508. The number of rotatable bonds is 7. The average molecular weight is 232 g/mol. The predicted molar refractivity (Wildman–Crippen MR) is 70.0 cm³/mol. The van der Waals surface area contributed by atoms with E-state index in [1.807, 2.05) is 18.2 Å². The third kappa shape index (κ3) is 5.34. The van der Waals surface area contributed by atoms with Crippen LogP contribution in [0.2, 0.25) is 0 Å². The van der Waals surface area contributed by atoms with Crippen LogP contribution in [0.25, 0.3) is 0 Å². The summed E-state index contributed by atoms with van der Waals surface area (Å²) in [4.78, 5) is 11.6. The Labute approximate surface area is 103 Å². The van der Waals surface area contributed by atoms with Crippen molar-refractivity contribution in [3.05, 3.63) is 48.0 Å². The van der Waals surface area contributed by atoms with E-state index in [2.05, 4.69) is 13.5 Å². The third-order valence-electron chi connectivity index (χ3n) is 2.58. The van der Waals surface area contributed by atoms with E-state index in [0.717, 1.165) is 24.8 Å². The van der Waals surface area contributed by atoms with Gasteiger partial charge in [-0.2, -0.15) is 0 Å². The van der Waals surface area contributed by atoms with Crippen molar-refractivity contribution in [1.29, 1.82) is 0 Å². The van der Waals surface area contributed by atoms with Gasteiger partial charge in [0.1, 0.15) is 0 Å². The van der Waals surface area contributed by atoms with Crippen LogP contribution in [0.5, 0.6) is 0 Å². The molecule has 0 spiro atoms. The SMILES string of the molecule is C=C(CCCC)CCOC(=O)c1ccccc1. The highest BCUT2D eigenvalue weighted by Gasteiger charge is 2.05. The summed E-state index contributed by atoms with van der Waals surface area (Å²) in [6.07, 6.45) is 4.12. The van der Waals surface area contributed by atoms with E-state index in [9.17, 15) is 4.79 Å². The average Bonchev–Trinajstić information content (AvgIpc) is 2.37. The lowest BCUT2D eigenvalue weighted by atomic mass is 10.1. The summed E-state index contributed by atoms with van der Waals surface area (Å²) in [6, 6.07) is 9.05. The van der Waals surface area contributed by atoms with Crippen molar-refractivity contribution in [2.45, 2.75) is 32.6 Å². The van der Waals surface area contributed by atoms with E-state index >= 15 is 0 Å². The summed E-state index contributed by atoms with van der Waals surface area (Å²) < 4.78 is 5.18. The number of hydrogen-bond donors (Lipinski definition) is 0. The first-order valence-electron chi connectivity index (χ1n) is 6.13. The first kappa shape index (κ1) is 13.5. The van der Waals surface area contributed by atoms with Gasteiger partial charge in [-0.1, -0.05) is 43.7 Å². The number of unbranched alkanes of at least 4 members (excludes halogenated alkanes) is 1. The molecular formula is C15H20O2. The van der Waals surface area contributed by atoms with Crippen molar-refractivity contribution in [3.8, 4) is 0 Å². The summed E-state index contributed by atoms with van der Waals surface area (Å²) in [5, 5.41) is 0. The van der Waals surface area contributed by atoms with Crippen LogP contribution in [0.4, 0.5) is 0 Å². The van der Waals surface area contributed by atoms with Crippen molar-refractivity contribution in [2.75, 3.05) is 6.61 Å². The molecule has 0 radical (unpaired) electrons. The molecule has 0 bridgehead atoms. The van der Waals surface area contributed by atoms with E-state index in [1.165, 1.54) is 6.42 Å². The van der Waals surface area contributed by atoms with Crippen LogP contribution < -0.4 is 0 Å². The highest BCUT2D eigenvalue weighted by molar-refractivity contribution is 5.89. The minimum atomic E-state index is -0.256. The Morgan fingerprint density at radius 3 is 2.59 bits per heavy atom. The molecule has 0 aromatic heterocycles. The summed E-state index contributed by atoms with van der Waals surface area (Å²) >= 11 is 0. The number of carbonyl (C=O) groups is 1. The van der Waals surface area contributed by atoms with Gasteiger partial charge in [0.2, 0.25) is 0 Å². The number of carbonyl (C=O) groups excluding carboxylic acids is 1. The number of hydrogen-bond acceptors (Lipinski definition) is 2. The van der Waals surface area contributed by atoms with E-state index in [1.54, 1.807) is 12.1 Å². The van der Waals surface area contributed by atoms with Crippen LogP contribution in [0.3, 0.4) is 0 Å². The molecule has 0 aliphatic heterocycles. The Balaban J connectivity index is 2.23. The maximum absolute atomic E-state index is 11.6. The molecule has 2 nitrogen and oxygen atoms in total. The molecule has 0 amide bonds. The van der Waals surface area contributed by atoms with Crippen molar-refractivity contribution < 1.29 is 9.53 Å². The van der Waals surface area contributed by atoms with Gasteiger partial charge in [0.05, 0.1) is 12.2 Å². The summed E-state index contributed by atoms with van der Waals surface area (Å²) in [5.41, 5.74) is 1.76. The van der Waals surface area contributed by atoms with Crippen LogP contribution in [0.1, 0.15) is 43.0 Å². The van der Waals surface area contributed by atoms with Gasteiger partial charge in [0.25, 0.3) is 0 Å². The largest absolute Gasteiger partial charge is 0.462 e. The van der Waals surface area contributed by atoms with Crippen LogP contribution >= 0.6 is 0 Å². The molecule has 1 rings (SSSR count). The van der Waals surface area contributed by atoms with Crippen LogP contribution in [-0.2, 0) is 4.74 Å². The fraction of sp³-hybridized carbons (Fsp3) is 0.400. The molecular weight excluding hydrogens is 212 g/mol. The van der Waals surface area contributed by atoms with E-state index < -0.39 is 0 Å². The van der Waals surface area contributed by atoms with Crippen LogP contribution in [-0.4, -0.2) is 12.6 Å². The zero-order chi connectivity index (χ0) is 12.5. The second-order valence-electron chi connectivity index (χ2n) is 4.11. The predicted octanol–water partition coefficient (Wildman–Crippen LogP) is 3.98. The van der Waals surface area contributed by atoms with Crippen molar-refractivity contribution >= 4 is 5.97 Å². The smallest absolute Gasteiger partial charge is 0.338 e. The van der Waals surface area contributed by atoms with Gasteiger partial charge in [-0.05, 0) is 25.0 Å². The van der Waals surface area contributed by atoms with E-state index in [-0.39, 0.29) is 5.97 Å². The second-order valence-corrected chi connectivity index (χ2v) is 4.11. The normalized spacial score (nSPS) is 9.94. The van der Waals surface area contributed by atoms with Crippen LogP contribution in [0.15, 0.2) is 42.5 Å². The third-order valence-corrected chi connectivity index (χ3v) is 2.58. The molecule has 0 aliphatic carbocycles. The maximum Gasteiger partial charge on any atom is 0.338 e. The summed E-state index contributed by atoms with van der Waals surface area (Å²) in [5.74, 6) is -0.256. The Bertz CT molecular complexity index is 354. The quantitative estimate of drug-likeness (QED) is 0.525. The van der Waals surface area contributed by atoms with E-state index in [0.29, 0.717) is 12.2 Å². The molecule has 0 fully saturated rings. The molecule has 17 heavy (non-hydrogen) atoms. The molecule has 0 saturated heterocycles. The zero-order valence-corrected chi connectivity index (χ0v) is 10.4. The topological polar surface area (TPSA) is 26.3 Å². The van der Waals surface area contributed by atoms with Gasteiger partial charge in [0.15, 0.2) is 0 Å². The molecule has 2 heteroatoms. The molecule has 1 aromatic carbocycles. The highest BCUT2D eigenvalue weighted by atomic mass is 16.5. The molecule has 1 aromatic rings. The fourth-order valence-electron chi connectivity index (χ4n) is 1.50. The minimum Gasteiger partial charge on any atom is -0.462 e. The van der Waals surface area contributed by atoms with E-state index in [4.69, 9.17) is 4.74 Å². The highest BCUT2D eigenvalue weighted by Crippen LogP contribution is 2.09. The lowest BCUT2D eigenvalue weighted by Gasteiger charge is -2.06. The zero-order valence-electron chi connectivity index (χ0n) is 10.4. The monoisotopic (exact) mass is 232 g/mol. The van der Waals surface area contributed by atoms with Crippen molar-refractivity contribution in [3.63, 3.8) is 0 Å². The van der Waals surface area contributed by atoms with Crippen LogP contribution in [0, 0.1) is 0 Å². The van der Waals surface area contributed by atoms with Gasteiger partial charge in [-0.3, -0.25) is 0 Å². The Morgan fingerprint density at radius 1 is 1.24 bits per heavy atom. The molecule has 0 atom stereocenters. The van der Waals surface area contributed by atoms with Gasteiger partial charge >= 0.3 is 5.97 Å². The molecule has 0 N–H and O–H groups in total. The maximum atomic E-state index is 11.6. The number of benzene rings is 1. The lowest BCUT2D eigenvalue weighted by Crippen LogP contribution is -2.06. The fourth-order valence-corrected chi connectivity index (χ4v) is 1.50. The Kier molecular flexibility index (Phi) is 6.08. The summed E-state index contributed by atoms with van der Waals surface area (Å²) in [7, 11) is 0. The molecule has 0 heterocycles. The minimum absolute atomic E-state index is 0.256. The Morgan fingerprint density at radius 2 is 1.94 bits per heavy atom. The number of esters is 1. The first-order valence-corrected chi connectivity index (χ1v) is 6.13. The molecule has 0 aliphatic rings.